The van der Waals surface area contributed by atoms with Crippen molar-refractivity contribution in [1.82, 2.24) is 0 Å². The van der Waals surface area contributed by atoms with Crippen LogP contribution in [0.3, 0.4) is 0 Å². The number of nitrogens with zero attached hydrogens (tertiary/aromatic N) is 1. The third kappa shape index (κ3) is 3.77. The van der Waals surface area contributed by atoms with Crippen LogP contribution in [0.15, 0.2) is 82.5 Å². The minimum absolute atomic E-state index is 0.0319. The van der Waals surface area contributed by atoms with Crippen LogP contribution in [0.2, 0.25) is 5.02 Å². The van der Waals surface area contributed by atoms with Crippen molar-refractivity contribution in [3.05, 3.63) is 94.4 Å². The maximum Gasteiger partial charge on any atom is 0.294 e. The summed E-state index contributed by atoms with van der Waals surface area (Å²) < 4.78 is 22.7. The fourth-order valence-electron chi connectivity index (χ4n) is 4.73. The van der Waals surface area contributed by atoms with E-state index in [1.54, 1.807) is 66.7 Å². The third-order valence-corrected chi connectivity index (χ3v) is 6.63. The molecule has 8 nitrogen and oxygen atoms in total. The Morgan fingerprint density at radius 3 is 2.62 bits per heavy atom. The summed E-state index contributed by atoms with van der Waals surface area (Å²) in [6, 6.07) is 17.6. The molecule has 2 aliphatic rings. The molecule has 0 saturated heterocycles. The number of Topliss-reactive ketones (excluding diaryl/α,β-unsaturated/α-hetero) is 1. The first-order chi connectivity index (χ1) is 18.0. The van der Waals surface area contributed by atoms with Crippen molar-refractivity contribution in [3.63, 3.8) is 0 Å². The number of ketones is 1. The van der Waals surface area contributed by atoms with Gasteiger partial charge in [-0.15, -0.1) is 0 Å². The van der Waals surface area contributed by atoms with Crippen LogP contribution in [0.1, 0.15) is 22.2 Å². The first-order valence-electron chi connectivity index (χ1n) is 11.5. The molecule has 0 spiro atoms. The summed E-state index contributed by atoms with van der Waals surface area (Å²) in [4.78, 5) is 28.7. The molecule has 186 valence electrons. The molecule has 4 aromatic rings. The van der Waals surface area contributed by atoms with E-state index in [4.69, 9.17) is 30.2 Å². The first kappa shape index (κ1) is 23.0. The SMILES string of the molecule is COc1ccccc1C1C(C(=O)c2cc3cc(Cl)ccc3o2)=C(O)C(=O)N1c1ccc2c(c1)OCCO2. The van der Waals surface area contributed by atoms with Gasteiger partial charge < -0.3 is 23.7 Å². The van der Waals surface area contributed by atoms with Gasteiger partial charge in [0.05, 0.1) is 18.7 Å². The highest BCUT2D eigenvalue weighted by atomic mass is 35.5. The fraction of sp³-hybridized carbons (Fsp3) is 0.143. The normalized spacial score (nSPS) is 17.0. The molecule has 3 heterocycles. The molecule has 1 aromatic heterocycles. The highest BCUT2D eigenvalue weighted by molar-refractivity contribution is 6.31. The minimum atomic E-state index is -1.00. The molecule has 0 saturated carbocycles. The van der Waals surface area contributed by atoms with Crippen LogP contribution in [-0.2, 0) is 4.79 Å². The minimum Gasteiger partial charge on any atom is -0.503 e. The second-order valence-corrected chi connectivity index (χ2v) is 8.97. The van der Waals surface area contributed by atoms with Gasteiger partial charge in [0, 0.05) is 27.7 Å². The summed E-state index contributed by atoms with van der Waals surface area (Å²) in [5, 5.41) is 12.2. The molecule has 0 bridgehead atoms. The zero-order valence-corrected chi connectivity index (χ0v) is 20.3. The maximum atomic E-state index is 13.8. The number of hydrogen-bond donors (Lipinski definition) is 1. The van der Waals surface area contributed by atoms with Gasteiger partial charge in [-0.2, -0.15) is 0 Å². The number of furan rings is 1. The number of amides is 1. The average Bonchev–Trinajstić information content (AvgIpc) is 3.46. The van der Waals surface area contributed by atoms with Gasteiger partial charge in [-0.3, -0.25) is 14.5 Å². The molecule has 37 heavy (non-hydrogen) atoms. The number of carbonyl (C=O) groups excluding carboxylic acids is 2. The van der Waals surface area contributed by atoms with Crippen molar-refractivity contribution in [2.75, 3.05) is 25.2 Å². The molecule has 1 unspecified atom stereocenters. The lowest BCUT2D eigenvalue weighted by Gasteiger charge is -2.29. The molecule has 0 radical (unpaired) electrons. The van der Waals surface area contributed by atoms with E-state index in [2.05, 4.69) is 0 Å². The number of halogens is 1. The molecule has 1 atom stereocenters. The number of hydrogen-bond acceptors (Lipinski definition) is 7. The van der Waals surface area contributed by atoms with E-state index in [-0.39, 0.29) is 11.3 Å². The van der Waals surface area contributed by atoms with Crippen LogP contribution < -0.4 is 19.1 Å². The van der Waals surface area contributed by atoms with Gasteiger partial charge in [0.2, 0.25) is 5.78 Å². The molecule has 2 aliphatic heterocycles. The van der Waals surface area contributed by atoms with Crippen molar-refractivity contribution < 1.29 is 33.3 Å². The number of carbonyl (C=O) groups is 2. The van der Waals surface area contributed by atoms with Gasteiger partial charge in [0.25, 0.3) is 5.91 Å². The number of benzene rings is 3. The van der Waals surface area contributed by atoms with Crippen molar-refractivity contribution in [2.45, 2.75) is 6.04 Å². The fourth-order valence-corrected chi connectivity index (χ4v) is 4.91. The van der Waals surface area contributed by atoms with Gasteiger partial charge in [-0.05, 0) is 42.5 Å². The lowest BCUT2D eigenvalue weighted by molar-refractivity contribution is -0.117. The van der Waals surface area contributed by atoms with E-state index in [0.29, 0.717) is 57.7 Å². The van der Waals surface area contributed by atoms with E-state index < -0.39 is 23.5 Å². The molecule has 0 fully saturated rings. The Hall–Kier alpha value is -4.43. The van der Waals surface area contributed by atoms with E-state index in [0.717, 1.165) is 0 Å². The molecular formula is C28H20ClNO7. The largest absolute Gasteiger partial charge is 0.503 e. The Balaban J connectivity index is 1.51. The average molecular weight is 518 g/mol. The Morgan fingerprint density at radius 1 is 1.03 bits per heavy atom. The number of para-hydroxylation sites is 1. The zero-order valence-electron chi connectivity index (χ0n) is 19.6. The predicted molar refractivity (Wildman–Crippen MR) is 136 cm³/mol. The Morgan fingerprint density at radius 2 is 1.81 bits per heavy atom. The van der Waals surface area contributed by atoms with E-state index in [1.165, 1.54) is 12.0 Å². The molecule has 9 heteroatoms. The molecule has 1 N–H and O–H groups in total. The Labute approximate surface area is 216 Å². The van der Waals surface area contributed by atoms with Gasteiger partial charge in [-0.1, -0.05) is 29.8 Å². The lowest BCUT2D eigenvalue weighted by Crippen LogP contribution is -2.31. The van der Waals surface area contributed by atoms with Crippen LogP contribution in [0.4, 0.5) is 5.69 Å². The Kier molecular flexibility index (Phi) is 5.53. The zero-order chi connectivity index (χ0) is 25.7. The molecule has 6 rings (SSSR count). The van der Waals surface area contributed by atoms with Crippen molar-refractivity contribution in [1.29, 1.82) is 0 Å². The number of methoxy groups -OCH3 is 1. The van der Waals surface area contributed by atoms with E-state index in [1.807, 2.05) is 0 Å². The van der Waals surface area contributed by atoms with Crippen LogP contribution in [0.5, 0.6) is 17.2 Å². The van der Waals surface area contributed by atoms with Gasteiger partial charge in [0.1, 0.15) is 24.5 Å². The summed E-state index contributed by atoms with van der Waals surface area (Å²) in [6.45, 7) is 0.784. The van der Waals surface area contributed by atoms with Crippen LogP contribution in [-0.4, -0.2) is 37.1 Å². The topological polar surface area (TPSA) is 98.4 Å². The summed E-state index contributed by atoms with van der Waals surface area (Å²) in [5.74, 6) is -0.623. The predicted octanol–water partition coefficient (Wildman–Crippen LogP) is 5.65. The van der Waals surface area contributed by atoms with Crippen LogP contribution in [0, 0.1) is 0 Å². The van der Waals surface area contributed by atoms with Crippen molar-refractivity contribution >= 4 is 39.9 Å². The standard InChI is InChI=1S/C28H20ClNO7/c1-34-20-5-3-2-4-18(20)25-24(26(31)23-13-15-12-16(29)6-8-19(15)37-23)27(32)28(33)30(25)17-7-9-21-22(14-17)36-11-10-35-21/h2-9,12-14,25,32H,10-11H2,1H3. The van der Waals surface area contributed by atoms with E-state index in [9.17, 15) is 14.7 Å². The molecule has 3 aromatic carbocycles. The third-order valence-electron chi connectivity index (χ3n) is 6.39. The van der Waals surface area contributed by atoms with Crippen molar-refractivity contribution in [2.24, 2.45) is 0 Å². The number of ether oxygens (including phenoxy) is 3. The lowest BCUT2D eigenvalue weighted by atomic mass is 9.94. The second kappa shape index (κ2) is 8.90. The van der Waals surface area contributed by atoms with Gasteiger partial charge in [0.15, 0.2) is 23.0 Å². The van der Waals surface area contributed by atoms with Crippen LogP contribution in [0.25, 0.3) is 11.0 Å². The van der Waals surface area contributed by atoms with Gasteiger partial charge in [-0.25, -0.2) is 0 Å². The van der Waals surface area contributed by atoms with Crippen molar-refractivity contribution in [3.8, 4) is 17.2 Å². The highest BCUT2D eigenvalue weighted by Crippen LogP contribution is 2.46. The quantitative estimate of drug-likeness (QED) is 0.341. The number of aliphatic hydroxyl groups is 1. The summed E-state index contributed by atoms with van der Waals surface area (Å²) in [7, 11) is 1.50. The molecule has 1 amide bonds. The highest BCUT2D eigenvalue weighted by Gasteiger charge is 2.46. The first-order valence-corrected chi connectivity index (χ1v) is 11.9. The number of fused-ring (bicyclic) bond motifs is 2. The number of anilines is 1. The number of aliphatic hydroxyl groups excluding tert-OH is 1. The number of rotatable bonds is 5. The maximum absolute atomic E-state index is 13.8. The Bertz CT molecular complexity index is 1610. The molecule has 0 aliphatic carbocycles. The smallest absolute Gasteiger partial charge is 0.294 e. The second-order valence-electron chi connectivity index (χ2n) is 8.53. The summed E-state index contributed by atoms with van der Waals surface area (Å²) in [6.07, 6.45) is 0. The van der Waals surface area contributed by atoms with E-state index >= 15 is 0 Å². The monoisotopic (exact) mass is 517 g/mol. The summed E-state index contributed by atoms with van der Waals surface area (Å²) >= 11 is 6.09. The molecular weight excluding hydrogens is 498 g/mol. The summed E-state index contributed by atoms with van der Waals surface area (Å²) in [5.41, 5.74) is 1.25. The van der Waals surface area contributed by atoms with Gasteiger partial charge >= 0.3 is 0 Å². The van der Waals surface area contributed by atoms with Crippen LogP contribution >= 0.6 is 11.6 Å².